The summed E-state index contributed by atoms with van der Waals surface area (Å²) in [6, 6.07) is 25.4. The van der Waals surface area contributed by atoms with E-state index in [0.717, 1.165) is 20.4 Å². The molecule has 1 aromatic heterocycles. The second-order valence-electron chi connectivity index (χ2n) is 8.86. The predicted molar refractivity (Wildman–Crippen MR) is 151 cm³/mol. The molecule has 1 aliphatic heterocycles. The van der Waals surface area contributed by atoms with Gasteiger partial charge in [-0.2, -0.15) is 0 Å². The van der Waals surface area contributed by atoms with Gasteiger partial charge in [0.1, 0.15) is 0 Å². The molecule has 7 heteroatoms. The first-order valence-corrected chi connectivity index (χ1v) is 13.6. The average Bonchev–Trinajstić information content (AvgIpc) is 3.35. The number of hydrogen-bond donors (Lipinski definition) is 0. The summed E-state index contributed by atoms with van der Waals surface area (Å²) in [5.41, 5.74) is 4.74. The molecule has 0 saturated carbocycles. The van der Waals surface area contributed by atoms with E-state index >= 15 is 0 Å². The van der Waals surface area contributed by atoms with Gasteiger partial charge < -0.3 is 0 Å². The standard InChI is InChI=1S/C29H25N3O2SSe/c1-18-9-12-20(13-10-18)32(25-15-11-19(2)22-7-5-6-8-23(22)25)26-16-14-21(36-26)17-24-27(33)30(3)29(35)31(4)28(24)34/h5-17H,1-4H3. The van der Waals surface area contributed by atoms with Crippen LogP contribution >= 0.6 is 12.2 Å². The summed E-state index contributed by atoms with van der Waals surface area (Å²) in [5.74, 6) is -0.735. The summed E-state index contributed by atoms with van der Waals surface area (Å²) in [6.07, 6.45) is 1.73. The maximum absolute atomic E-state index is 12.8. The number of anilines is 3. The van der Waals surface area contributed by atoms with Crippen molar-refractivity contribution in [3.63, 3.8) is 0 Å². The van der Waals surface area contributed by atoms with E-state index in [1.165, 1.54) is 31.7 Å². The van der Waals surface area contributed by atoms with Crippen LogP contribution in [0.2, 0.25) is 0 Å². The van der Waals surface area contributed by atoms with Gasteiger partial charge >= 0.3 is 223 Å². The Labute approximate surface area is 222 Å². The van der Waals surface area contributed by atoms with E-state index in [4.69, 9.17) is 12.2 Å². The van der Waals surface area contributed by atoms with E-state index < -0.39 is 0 Å². The van der Waals surface area contributed by atoms with Gasteiger partial charge in [-0.05, 0) is 0 Å². The van der Waals surface area contributed by atoms with Crippen molar-refractivity contribution in [3.8, 4) is 0 Å². The zero-order chi connectivity index (χ0) is 25.6. The Morgan fingerprint density at radius 2 is 1.44 bits per heavy atom. The number of hydrogen-bond acceptors (Lipinski definition) is 4. The van der Waals surface area contributed by atoms with Crippen LogP contribution in [0.25, 0.3) is 16.8 Å². The molecule has 4 aromatic rings. The number of carbonyl (C=O) groups is 2. The summed E-state index contributed by atoms with van der Waals surface area (Å²) < 4.78 is 2.08. The number of rotatable bonds is 4. The second kappa shape index (κ2) is 9.51. The van der Waals surface area contributed by atoms with Gasteiger partial charge in [0, 0.05) is 0 Å². The Morgan fingerprint density at radius 3 is 2.11 bits per heavy atom. The van der Waals surface area contributed by atoms with Crippen LogP contribution in [0.5, 0.6) is 0 Å². The van der Waals surface area contributed by atoms with Gasteiger partial charge in [0.05, 0.1) is 0 Å². The molecule has 36 heavy (non-hydrogen) atoms. The molecule has 3 aromatic carbocycles. The van der Waals surface area contributed by atoms with Crippen LogP contribution in [0.4, 0.5) is 15.9 Å². The topological polar surface area (TPSA) is 43.9 Å². The molecule has 0 bridgehead atoms. The first kappa shape index (κ1) is 24.2. The molecule has 1 fully saturated rings. The van der Waals surface area contributed by atoms with Crippen LogP contribution < -0.4 is 4.90 Å². The van der Waals surface area contributed by atoms with Crippen molar-refractivity contribution in [2.24, 2.45) is 0 Å². The molecule has 5 nitrogen and oxygen atoms in total. The number of likely N-dealkylation sites (N-methyl/N-ethyl adjacent to an activating group) is 2. The molecule has 1 aliphatic rings. The predicted octanol–water partition coefficient (Wildman–Crippen LogP) is 5.58. The second-order valence-corrected chi connectivity index (χ2v) is 11.5. The number of aryl methyl sites for hydroxylation is 2. The zero-order valence-corrected chi connectivity index (χ0v) is 23.0. The van der Waals surface area contributed by atoms with Gasteiger partial charge in [0.2, 0.25) is 0 Å². The van der Waals surface area contributed by atoms with Crippen molar-refractivity contribution >= 4 is 76.4 Å². The molecule has 2 amide bonds. The molecule has 0 aliphatic carbocycles. The summed E-state index contributed by atoms with van der Waals surface area (Å²) in [4.78, 5) is 30.6. The summed E-state index contributed by atoms with van der Waals surface area (Å²) in [7, 11) is 3.20. The minimum atomic E-state index is -0.367. The van der Waals surface area contributed by atoms with Crippen LogP contribution in [-0.2, 0) is 9.59 Å². The first-order chi connectivity index (χ1) is 17.3. The Bertz CT molecular complexity index is 1530. The van der Waals surface area contributed by atoms with Crippen LogP contribution in [-0.4, -0.2) is 55.3 Å². The van der Waals surface area contributed by atoms with Gasteiger partial charge in [-0.1, -0.05) is 0 Å². The van der Waals surface area contributed by atoms with Gasteiger partial charge in [-0.15, -0.1) is 0 Å². The number of carbonyl (C=O) groups excluding carboxylic acids is 2. The molecule has 180 valence electrons. The normalized spacial score (nSPS) is 14.1. The fraction of sp³-hybridized carbons (Fsp3) is 0.138. The van der Waals surface area contributed by atoms with Gasteiger partial charge in [-0.25, -0.2) is 0 Å². The van der Waals surface area contributed by atoms with Crippen LogP contribution in [0, 0.1) is 13.8 Å². The Kier molecular flexibility index (Phi) is 6.39. The molecule has 0 atom stereocenters. The zero-order valence-electron chi connectivity index (χ0n) is 20.5. The van der Waals surface area contributed by atoms with Gasteiger partial charge in [0.15, 0.2) is 0 Å². The number of nitrogens with zero attached hydrogens (tertiary/aromatic N) is 3. The Balaban J connectivity index is 1.63. The van der Waals surface area contributed by atoms with E-state index in [0.29, 0.717) is 0 Å². The van der Waals surface area contributed by atoms with Crippen LogP contribution in [0.15, 0.2) is 78.4 Å². The van der Waals surface area contributed by atoms with E-state index in [1.54, 1.807) is 20.2 Å². The number of benzene rings is 3. The molecular weight excluding hydrogens is 533 g/mol. The molecule has 2 heterocycles. The van der Waals surface area contributed by atoms with Crippen molar-refractivity contribution in [3.05, 3.63) is 93.9 Å². The van der Waals surface area contributed by atoms with Crippen molar-refractivity contribution < 1.29 is 9.59 Å². The average molecular weight is 559 g/mol. The molecular formula is C29H25N3O2SSe. The number of fused-ring (bicyclic) bond motifs is 1. The summed E-state index contributed by atoms with van der Waals surface area (Å²) >= 11 is 5.09. The Hall–Kier alpha value is -3.51. The molecule has 1 saturated heterocycles. The third-order valence-corrected chi connectivity index (χ3v) is 9.10. The third kappa shape index (κ3) is 4.20. The van der Waals surface area contributed by atoms with Gasteiger partial charge in [-0.3, -0.25) is 0 Å². The van der Waals surface area contributed by atoms with Crippen molar-refractivity contribution in [1.82, 2.24) is 9.80 Å². The van der Waals surface area contributed by atoms with E-state index in [2.05, 4.69) is 85.5 Å². The van der Waals surface area contributed by atoms with Crippen molar-refractivity contribution in [1.29, 1.82) is 0 Å². The number of thiocarbonyl (C=S) groups is 1. The molecule has 0 radical (unpaired) electrons. The van der Waals surface area contributed by atoms with Gasteiger partial charge in [0.25, 0.3) is 0 Å². The fourth-order valence-corrected chi connectivity index (χ4v) is 6.60. The summed E-state index contributed by atoms with van der Waals surface area (Å²) in [6.45, 7) is 4.21. The molecule has 0 unspecified atom stereocenters. The van der Waals surface area contributed by atoms with Crippen molar-refractivity contribution in [2.75, 3.05) is 19.0 Å². The first-order valence-electron chi connectivity index (χ1n) is 11.5. The van der Waals surface area contributed by atoms with Crippen molar-refractivity contribution in [2.45, 2.75) is 13.8 Å². The number of amides is 2. The van der Waals surface area contributed by atoms with E-state index in [1.807, 2.05) is 6.07 Å². The van der Waals surface area contributed by atoms with Crippen LogP contribution in [0.3, 0.4) is 0 Å². The van der Waals surface area contributed by atoms with E-state index in [9.17, 15) is 9.59 Å². The SMILES string of the molecule is Cc1ccc(N(c2ccc(C=C3C(=O)N(C)C(=S)N(C)C3=O)[se]2)c2ccc(C)c3ccccc23)cc1. The maximum atomic E-state index is 12.8. The van der Waals surface area contributed by atoms with E-state index in [-0.39, 0.29) is 37.0 Å². The van der Waals surface area contributed by atoms with Crippen LogP contribution in [0.1, 0.15) is 15.6 Å². The molecule has 5 rings (SSSR count). The third-order valence-electron chi connectivity index (χ3n) is 6.42. The molecule has 0 spiro atoms. The molecule has 0 N–H and O–H groups in total. The summed E-state index contributed by atoms with van der Waals surface area (Å²) in [5, 5.41) is 2.61. The quantitative estimate of drug-likeness (QED) is 0.142. The minimum absolute atomic E-state index is 0.125. The Morgan fingerprint density at radius 1 is 0.806 bits per heavy atom. The fourth-order valence-electron chi connectivity index (χ4n) is 4.36. The monoisotopic (exact) mass is 559 g/mol.